The molecule has 1 unspecified atom stereocenters. The van der Waals surface area contributed by atoms with Crippen LogP contribution in [0.4, 0.5) is 4.79 Å². The van der Waals surface area contributed by atoms with Gasteiger partial charge in [-0.05, 0) is 6.42 Å². The van der Waals surface area contributed by atoms with Gasteiger partial charge in [0.15, 0.2) is 0 Å². The number of carbonyl (C=O) groups excluding carboxylic acids is 1. The molecule has 1 rings (SSSR count). The van der Waals surface area contributed by atoms with Crippen LogP contribution in [0, 0.1) is 12.3 Å². The first kappa shape index (κ1) is 14.3. The lowest BCUT2D eigenvalue weighted by Gasteiger charge is -2.24. The van der Waals surface area contributed by atoms with Crippen molar-refractivity contribution in [1.29, 1.82) is 0 Å². The Kier molecular flexibility index (Phi) is 4.98. The van der Waals surface area contributed by atoms with Crippen molar-refractivity contribution in [3.63, 3.8) is 0 Å². The van der Waals surface area contributed by atoms with E-state index in [1.54, 1.807) is 0 Å². The number of rotatable bonds is 4. The van der Waals surface area contributed by atoms with Gasteiger partial charge in [-0.15, -0.1) is 12.3 Å². The van der Waals surface area contributed by atoms with Crippen LogP contribution in [0.25, 0.3) is 0 Å². The average molecular weight is 254 g/mol. The van der Waals surface area contributed by atoms with Crippen molar-refractivity contribution >= 4 is 12.0 Å². The van der Waals surface area contributed by atoms with Crippen LogP contribution in [0.15, 0.2) is 0 Å². The summed E-state index contributed by atoms with van der Waals surface area (Å²) in [6.45, 7) is 1.92. The van der Waals surface area contributed by atoms with Gasteiger partial charge >= 0.3 is 12.0 Å². The standard InChI is InChI=1S/C12H18N2O4/c1-3-5-8(4-2)13-12(18)14-7-9(15)6-10(14)11(16)17/h1,8-10,15H,4-7H2,2H3,(H,13,18)(H,16,17)/t8?,9-,10+/m1/s1. The third kappa shape index (κ3) is 3.37. The number of amides is 2. The van der Waals surface area contributed by atoms with Crippen molar-refractivity contribution in [2.24, 2.45) is 0 Å². The summed E-state index contributed by atoms with van der Waals surface area (Å²) in [5.41, 5.74) is 0. The van der Waals surface area contributed by atoms with E-state index < -0.39 is 24.1 Å². The average Bonchev–Trinajstić information content (AvgIpc) is 2.71. The highest BCUT2D eigenvalue weighted by Crippen LogP contribution is 2.18. The van der Waals surface area contributed by atoms with Gasteiger partial charge in [0.25, 0.3) is 0 Å². The van der Waals surface area contributed by atoms with Gasteiger partial charge in [-0.3, -0.25) is 0 Å². The lowest BCUT2D eigenvalue weighted by atomic mass is 10.1. The largest absolute Gasteiger partial charge is 0.480 e. The van der Waals surface area contributed by atoms with Crippen LogP contribution < -0.4 is 5.32 Å². The number of hydrogen-bond acceptors (Lipinski definition) is 3. The highest BCUT2D eigenvalue weighted by molar-refractivity contribution is 5.83. The number of terminal acetylenes is 1. The Morgan fingerprint density at radius 1 is 1.61 bits per heavy atom. The Labute approximate surface area is 106 Å². The second-order valence-corrected chi connectivity index (χ2v) is 4.36. The Balaban J connectivity index is 2.65. The zero-order valence-electron chi connectivity index (χ0n) is 10.3. The van der Waals surface area contributed by atoms with Crippen molar-refractivity contribution in [3.8, 4) is 12.3 Å². The quantitative estimate of drug-likeness (QED) is 0.617. The number of carbonyl (C=O) groups is 2. The number of nitrogens with zero attached hydrogens (tertiary/aromatic N) is 1. The molecular formula is C12H18N2O4. The predicted molar refractivity (Wildman–Crippen MR) is 64.8 cm³/mol. The van der Waals surface area contributed by atoms with Crippen LogP contribution >= 0.6 is 0 Å². The fourth-order valence-electron chi connectivity index (χ4n) is 1.97. The number of aliphatic hydroxyl groups excluding tert-OH is 1. The molecule has 1 saturated heterocycles. The van der Waals surface area contributed by atoms with Gasteiger partial charge < -0.3 is 20.4 Å². The molecule has 0 bridgehead atoms. The lowest BCUT2D eigenvalue weighted by Crippen LogP contribution is -2.49. The smallest absolute Gasteiger partial charge is 0.326 e. The summed E-state index contributed by atoms with van der Waals surface area (Å²) in [6.07, 6.45) is 5.53. The van der Waals surface area contributed by atoms with E-state index in [-0.39, 0.29) is 19.0 Å². The Morgan fingerprint density at radius 3 is 2.78 bits per heavy atom. The van der Waals surface area contributed by atoms with E-state index in [0.717, 1.165) is 4.90 Å². The Bertz CT molecular complexity index is 364. The van der Waals surface area contributed by atoms with E-state index in [9.17, 15) is 14.7 Å². The van der Waals surface area contributed by atoms with Gasteiger partial charge in [-0.2, -0.15) is 0 Å². The van der Waals surface area contributed by atoms with E-state index in [1.807, 2.05) is 6.92 Å². The van der Waals surface area contributed by atoms with Crippen LogP contribution in [0.1, 0.15) is 26.2 Å². The highest BCUT2D eigenvalue weighted by atomic mass is 16.4. The summed E-state index contributed by atoms with van der Waals surface area (Å²) in [6, 6.07) is -1.63. The summed E-state index contributed by atoms with van der Waals surface area (Å²) >= 11 is 0. The highest BCUT2D eigenvalue weighted by Gasteiger charge is 2.39. The molecule has 0 aromatic carbocycles. The molecule has 100 valence electrons. The fraction of sp³-hybridized carbons (Fsp3) is 0.667. The number of aliphatic hydroxyl groups is 1. The van der Waals surface area contributed by atoms with Crippen LogP contribution in [0.2, 0.25) is 0 Å². The molecule has 0 radical (unpaired) electrons. The number of likely N-dealkylation sites (tertiary alicyclic amines) is 1. The minimum Gasteiger partial charge on any atom is -0.480 e. The van der Waals surface area contributed by atoms with Crippen LogP contribution in [0.5, 0.6) is 0 Å². The zero-order chi connectivity index (χ0) is 13.7. The molecule has 0 saturated carbocycles. The van der Waals surface area contributed by atoms with Crippen molar-refractivity contribution in [2.75, 3.05) is 6.54 Å². The Morgan fingerprint density at radius 2 is 2.28 bits per heavy atom. The molecule has 6 heteroatoms. The molecule has 0 aliphatic carbocycles. The molecule has 0 aromatic rings. The van der Waals surface area contributed by atoms with Crippen molar-refractivity contribution < 1.29 is 19.8 Å². The Hall–Kier alpha value is -1.74. The number of β-amino-alcohol motifs (C(OH)–C–C–N with tert-alkyl or cyclic N) is 1. The van der Waals surface area contributed by atoms with E-state index in [4.69, 9.17) is 11.5 Å². The molecule has 0 aromatic heterocycles. The molecule has 1 fully saturated rings. The molecule has 1 heterocycles. The SMILES string of the molecule is C#CCC(CC)NC(=O)N1C[C@H](O)C[C@H]1C(=O)O. The normalized spacial score (nSPS) is 24.4. The lowest BCUT2D eigenvalue weighted by molar-refractivity contribution is -0.141. The summed E-state index contributed by atoms with van der Waals surface area (Å²) in [5.74, 6) is 1.35. The van der Waals surface area contributed by atoms with Crippen LogP contribution in [0.3, 0.4) is 0 Å². The number of urea groups is 1. The topological polar surface area (TPSA) is 89.9 Å². The summed E-state index contributed by atoms with van der Waals surface area (Å²) in [4.78, 5) is 24.0. The molecule has 1 aliphatic rings. The number of aliphatic carboxylic acids is 1. The van der Waals surface area contributed by atoms with E-state index in [0.29, 0.717) is 12.8 Å². The van der Waals surface area contributed by atoms with Gasteiger partial charge in [0.2, 0.25) is 0 Å². The fourth-order valence-corrected chi connectivity index (χ4v) is 1.97. The van der Waals surface area contributed by atoms with Crippen molar-refractivity contribution in [3.05, 3.63) is 0 Å². The van der Waals surface area contributed by atoms with E-state index in [2.05, 4.69) is 11.2 Å². The van der Waals surface area contributed by atoms with Gasteiger partial charge in [-0.25, -0.2) is 9.59 Å². The first-order valence-corrected chi connectivity index (χ1v) is 5.91. The van der Waals surface area contributed by atoms with Gasteiger partial charge in [-0.1, -0.05) is 6.92 Å². The number of carboxylic acid groups (broad SMARTS) is 1. The summed E-state index contributed by atoms with van der Waals surface area (Å²) < 4.78 is 0. The zero-order valence-corrected chi connectivity index (χ0v) is 10.3. The number of carboxylic acids is 1. The molecule has 3 atom stereocenters. The van der Waals surface area contributed by atoms with Crippen molar-refractivity contribution in [2.45, 2.75) is 44.4 Å². The van der Waals surface area contributed by atoms with E-state index >= 15 is 0 Å². The van der Waals surface area contributed by atoms with Gasteiger partial charge in [0.1, 0.15) is 6.04 Å². The van der Waals surface area contributed by atoms with Crippen molar-refractivity contribution in [1.82, 2.24) is 10.2 Å². The predicted octanol–water partition coefficient (Wildman–Crippen LogP) is 0.0177. The summed E-state index contributed by atoms with van der Waals surface area (Å²) in [5, 5.41) is 21.1. The second kappa shape index (κ2) is 6.26. The van der Waals surface area contributed by atoms with Gasteiger partial charge in [0.05, 0.1) is 6.10 Å². The van der Waals surface area contributed by atoms with E-state index in [1.165, 1.54) is 0 Å². The molecular weight excluding hydrogens is 236 g/mol. The van der Waals surface area contributed by atoms with Crippen LogP contribution in [-0.2, 0) is 4.79 Å². The summed E-state index contributed by atoms with van der Waals surface area (Å²) in [7, 11) is 0. The minimum atomic E-state index is -1.10. The maximum absolute atomic E-state index is 11.9. The number of nitrogens with one attached hydrogen (secondary N) is 1. The second-order valence-electron chi connectivity index (χ2n) is 4.36. The third-order valence-electron chi connectivity index (χ3n) is 3.01. The first-order chi connectivity index (χ1) is 8.49. The molecule has 0 spiro atoms. The molecule has 6 nitrogen and oxygen atoms in total. The third-order valence-corrected chi connectivity index (χ3v) is 3.01. The molecule has 3 N–H and O–H groups in total. The van der Waals surface area contributed by atoms with Crippen LogP contribution in [-0.4, -0.2) is 51.8 Å². The molecule has 2 amide bonds. The first-order valence-electron chi connectivity index (χ1n) is 5.91. The monoisotopic (exact) mass is 254 g/mol. The maximum Gasteiger partial charge on any atom is 0.326 e. The molecule has 18 heavy (non-hydrogen) atoms. The molecule has 1 aliphatic heterocycles. The van der Waals surface area contributed by atoms with Gasteiger partial charge in [0, 0.05) is 25.4 Å². The maximum atomic E-state index is 11.9. The number of hydrogen-bond donors (Lipinski definition) is 3. The minimum absolute atomic E-state index is 0.0370.